The molecule has 0 aliphatic carbocycles. The highest BCUT2D eigenvalue weighted by molar-refractivity contribution is 6.03. The molecule has 8 nitrogen and oxygen atoms in total. The molecule has 0 unspecified atom stereocenters. The number of aromatic nitrogens is 2. The molecule has 2 aromatic rings. The second-order valence-corrected chi connectivity index (χ2v) is 4.92. The molecule has 124 valence electrons. The Morgan fingerprint density at radius 1 is 1.08 bits per heavy atom. The molecule has 0 fully saturated rings. The first-order valence-corrected chi connectivity index (χ1v) is 7.17. The van der Waals surface area contributed by atoms with Crippen LogP contribution in [0.3, 0.4) is 0 Å². The summed E-state index contributed by atoms with van der Waals surface area (Å²) in [6.07, 6.45) is 1.36. The molecule has 0 saturated heterocycles. The lowest BCUT2D eigenvalue weighted by Gasteiger charge is -2.07. The van der Waals surface area contributed by atoms with Crippen LogP contribution in [0.15, 0.2) is 36.5 Å². The Morgan fingerprint density at radius 3 is 2.42 bits per heavy atom. The maximum atomic E-state index is 12.1. The lowest BCUT2D eigenvalue weighted by atomic mass is 10.2. The van der Waals surface area contributed by atoms with Gasteiger partial charge >= 0.3 is 5.97 Å². The molecule has 0 radical (unpaired) electrons. The van der Waals surface area contributed by atoms with Gasteiger partial charge in [-0.1, -0.05) is 0 Å². The van der Waals surface area contributed by atoms with Gasteiger partial charge in [0.1, 0.15) is 11.5 Å². The van der Waals surface area contributed by atoms with Crippen LogP contribution < -0.4 is 10.6 Å². The van der Waals surface area contributed by atoms with E-state index in [0.717, 1.165) is 0 Å². The maximum Gasteiger partial charge on any atom is 0.305 e. The Bertz CT molecular complexity index is 759. The number of hydrogen-bond acceptors (Lipinski definition) is 5. The van der Waals surface area contributed by atoms with Crippen LogP contribution in [0.5, 0.6) is 0 Å². The second kappa shape index (κ2) is 7.82. The Morgan fingerprint density at radius 2 is 1.79 bits per heavy atom. The van der Waals surface area contributed by atoms with Crippen molar-refractivity contribution < 1.29 is 19.5 Å². The highest BCUT2D eigenvalue weighted by Crippen LogP contribution is 2.11. The number of aryl methyl sites for hydroxylation is 1. The number of nitrogens with one attached hydrogen (secondary N) is 2. The van der Waals surface area contributed by atoms with Crippen molar-refractivity contribution in [1.82, 2.24) is 15.3 Å². The van der Waals surface area contributed by atoms with Crippen molar-refractivity contribution in [3.05, 3.63) is 53.6 Å². The first-order valence-electron chi connectivity index (χ1n) is 7.17. The summed E-state index contributed by atoms with van der Waals surface area (Å²) >= 11 is 0. The Labute approximate surface area is 137 Å². The summed E-state index contributed by atoms with van der Waals surface area (Å²) in [5.41, 5.74) is 1.13. The van der Waals surface area contributed by atoms with Gasteiger partial charge in [0.15, 0.2) is 0 Å². The molecule has 0 saturated carbocycles. The summed E-state index contributed by atoms with van der Waals surface area (Å²) in [4.78, 5) is 42.2. The molecule has 0 bridgehead atoms. The zero-order valence-corrected chi connectivity index (χ0v) is 12.9. The highest BCUT2D eigenvalue weighted by Gasteiger charge is 2.10. The number of anilines is 1. The average molecular weight is 328 g/mol. The van der Waals surface area contributed by atoms with Crippen LogP contribution >= 0.6 is 0 Å². The number of hydrogen-bond donors (Lipinski definition) is 3. The van der Waals surface area contributed by atoms with Crippen LogP contribution in [0.4, 0.5) is 5.69 Å². The zero-order chi connectivity index (χ0) is 17.5. The molecule has 0 atom stereocenters. The number of nitrogens with zero attached hydrogens (tertiary/aromatic N) is 2. The number of rotatable bonds is 6. The Kier molecular flexibility index (Phi) is 5.56. The van der Waals surface area contributed by atoms with Crippen LogP contribution in [-0.2, 0) is 4.79 Å². The van der Waals surface area contributed by atoms with Gasteiger partial charge in [0.2, 0.25) is 0 Å². The van der Waals surface area contributed by atoms with E-state index in [2.05, 4.69) is 20.6 Å². The molecule has 0 aliphatic rings. The maximum absolute atomic E-state index is 12.1. The van der Waals surface area contributed by atoms with Crippen molar-refractivity contribution in [2.24, 2.45) is 0 Å². The Hall–Kier alpha value is -3.29. The minimum absolute atomic E-state index is 0.0553. The van der Waals surface area contributed by atoms with Gasteiger partial charge in [-0.25, -0.2) is 9.97 Å². The van der Waals surface area contributed by atoms with Crippen molar-refractivity contribution in [3.8, 4) is 0 Å². The summed E-state index contributed by atoms with van der Waals surface area (Å²) < 4.78 is 0. The number of amides is 2. The summed E-state index contributed by atoms with van der Waals surface area (Å²) in [7, 11) is 0. The van der Waals surface area contributed by atoms with Crippen molar-refractivity contribution in [1.29, 1.82) is 0 Å². The summed E-state index contributed by atoms with van der Waals surface area (Å²) in [6.45, 7) is 1.74. The first-order chi connectivity index (χ1) is 11.5. The van der Waals surface area contributed by atoms with Crippen LogP contribution in [-0.4, -0.2) is 39.4 Å². The standard InChI is InChI=1S/C16H16N4O4/c1-10-17-8-6-13(19-10)16(24)20-12-4-2-11(3-5-12)15(23)18-9-7-14(21)22/h2-6,8H,7,9H2,1H3,(H,18,23)(H,20,24)(H,21,22). The topological polar surface area (TPSA) is 121 Å². The van der Waals surface area contributed by atoms with Crippen molar-refractivity contribution in [2.75, 3.05) is 11.9 Å². The molecule has 1 aromatic heterocycles. The van der Waals surface area contributed by atoms with Gasteiger partial charge in [-0.05, 0) is 37.3 Å². The summed E-state index contributed by atoms with van der Waals surface area (Å²) in [5, 5.41) is 13.7. The van der Waals surface area contributed by atoms with E-state index in [4.69, 9.17) is 5.11 Å². The monoisotopic (exact) mass is 328 g/mol. The van der Waals surface area contributed by atoms with E-state index in [9.17, 15) is 14.4 Å². The number of carboxylic acids is 1. The number of benzene rings is 1. The summed E-state index contributed by atoms with van der Waals surface area (Å²) in [6, 6.07) is 7.75. The van der Waals surface area contributed by atoms with E-state index in [1.54, 1.807) is 19.1 Å². The molecule has 1 heterocycles. The zero-order valence-electron chi connectivity index (χ0n) is 12.9. The number of carbonyl (C=O) groups excluding carboxylic acids is 2. The molecule has 8 heteroatoms. The normalized spacial score (nSPS) is 10.0. The van der Waals surface area contributed by atoms with E-state index in [0.29, 0.717) is 17.1 Å². The average Bonchev–Trinajstić information content (AvgIpc) is 2.55. The van der Waals surface area contributed by atoms with Gasteiger partial charge in [-0.3, -0.25) is 14.4 Å². The lowest BCUT2D eigenvalue weighted by molar-refractivity contribution is -0.136. The smallest absolute Gasteiger partial charge is 0.305 e. The van der Waals surface area contributed by atoms with Crippen molar-refractivity contribution in [3.63, 3.8) is 0 Å². The third-order valence-corrected chi connectivity index (χ3v) is 3.04. The fourth-order valence-corrected chi connectivity index (χ4v) is 1.87. The number of carbonyl (C=O) groups is 3. The molecule has 0 aliphatic heterocycles. The van der Waals surface area contributed by atoms with Gasteiger partial charge < -0.3 is 15.7 Å². The van der Waals surface area contributed by atoms with Crippen molar-refractivity contribution >= 4 is 23.5 Å². The van der Waals surface area contributed by atoms with E-state index < -0.39 is 5.97 Å². The molecular formula is C16H16N4O4. The van der Waals surface area contributed by atoms with Gasteiger partial charge in [-0.2, -0.15) is 0 Å². The van der Waals surface area contributed by atoms with Crippen molar-refractivity contribution in [2.45, 2.75) is 13.3 Å². The van der Waals surface area contributed by atoms with E-state index in [1.165, 1.54) is 24.4 Å². The van der Waals surface area contributed by atoms with Gasteiger partial charge in [-0.15, -0.1) is 0 Å². The third kappa shape index (κ3) is 4.87. The predicted molar refractivity (Wildman–Crippen MR) is 85.8 cm³/mol. The van der Waals surface area contributed by atoms with E-state index in [1.807, 2.05) is 0 Å². The van der Waals surface area contributed by atoms with Crippen LogP contribution in [0.2, 0.25) is 0 Å². The number of carboxylic acid groups (broad SMARTS) is 1. The molecule has 0 spiro atoms. The third-order valence-electron chi connectivity index (χ3n) is 3.04. The van der Waals surface area contributed by atoms with E-state index in [-0.39, 0.29) is 30.5 Å². The molecule has 24 heavy (non-hydrogen) atoms. The predicted octanol–water partition coefficient (Wildman–Crippen LogP) is 1.24. The van der Waals surface area contributed by atoms with E-state index >= 15 is 0 Å². The molecular weight excluding hydrogens is 312 g/mol. The number of aliphatic carboxylic acids is 1. The Balaban J connectivity index is 1.95. The second-order valence-electron chi connectivity index (χ2n) is 4.92. The minimum Gasteiger partial charge on any atom is -0.481 e. The fraction of sp³-hybridized carbons (Fsp3) is 0.188. The lowest BCUT2D eigenvalue weighted by Crippen LogP contribution is -2.25. The molecule has 3 N–H and O–H groups in total. The molecule has 1 aromatic carbocycles. The molecule has 2 rings (SSSR count). The van der Waals surface area contributed by atoms with Crippen LogP contribution in [0.25, 0.3) is 0 Å². The fourth-order valence-electron chi connectivity index (χ4n) is 1.87. The SMILES string of the molecule is Cc1nccc(C(=O)Nc2ccc(C(=O)NCCC(=O)O)cc2)n1. The van der Waals surface area contributed by atoms with Gasteiger partial charge in [0.25, 0.3) is 11.8 Å². The summed E-state index contributed by atoms with van der Waals surface area (Å²) in [5.74, 6) is -1.23. The minimum atomic E-state index is -0.978. The van der Waals surface area contributed by atoms with Crippen LogP contribution in [0, 0.1) is 6.92 Å². The van der Waals surface area contributed by atoms with Gasteiger partial charge in [0.05, 0.1) is 6.42 Å². The van der Waals surface area contributed by atoms with Crippen LogP contribution in [0.1, 0.15) is 33.1 Å². The van der Waals surface area contributed by atoms with Gasteiger partial charge in [0, 0.05) is 24.0 Å². The highest BCUT2D eigenvalue weighted by atomic mass is 16.4. The largest absolute Gasteiger partial charge is 0.481 e. The quantitative estimate of drug-likeness (QED) is 0.733. The molecule has 2 amide bonds. The first kappa shape index (κ1) is 17.1.